The Kier molecular flexibility index (Phi) is 39.3. The van der Waals surface area contributed by atoms with Crippen LogP contribution in [0.15, 0.2) is 0 Å². The number of aliphatic carboxylic acids is 1. The van der Waals surface area contributed by atoms with Gasteiger partial charge < -0.3 is 67.3 Å². The monoisotopic (exact) mass is 687 g/mol. The van der Waals surface area contributed by atoms with Crippen molar-refractivity contribution in [2.75, 3.05) is 165 Å². The minimum Gasteiger partial charge on any atom is -0.480 e. The first-order chi connectivity index (χ1) is 23.2. The van der Waals surface area contributed by atoms with Crippen LogP contribution in [-0.4, -0.2) is 182 Å². The number of rotatable bonds is 41. The summed E-state index contributed by atoms with van der Waals surface area (Å²) in [5.41, 5.74) is 0. The molecule has 0 fully saturated rings. The summed E-state index contributed by atoms with van der Waals surface area (Å²) in [6.07, 6.45) is 3.52. The van der Waals surface area contributed by atoms with Gasteiger partial charge in [-0.15, -0.1) is 0 Å². The van der Waals surface area contributed by atoms with Gasteiger partial charge in [0.2, 0.25) is 5.91 Å². The fraction of sp³-hybridized carbons (Fsp3) is 0.935. The number of amides is 1. The van der Waals surface area contributed by atoms with E-state index in [0.717, 1.165) is 13.0 Å². The summed E-state index contributed by atoms with van der Waals surface area (Å²) < 4.78 is 64.5. The molecule has 0 rings (SSSR count). The molecule has 16 nitrogen and oxygen atoms in total. The number of carbonyl (C=O) groups is 2. The van der Waals surface area contributed by atoms with Crippen molar-refractivity contribution in [3.8, 4) is 0 Å². The number of hydrogen-bond acceptors (Lipinski definition) is 14. The molecule has 0 aromatic rings. The first-order valence-corrected chi connectivity index (χ1v) is 16.6. The third kappa shape index (κ3) is 42.4. The summed E-state index contributed by atoms with van der Waals surface area (Å²) in [4.78, 5) is 21.6. The van der Waals surface area contributed by atoms with Gasteiger partial charge in [0, 0.05) is 13.2 Å². The van der Waals surface area contributed by atoms with Crippen LogP contribution in [0, 0.1) is 0 Å². The van der Waals surface area contributed by atoms with E-state index in [4.69, 9.17) is 57.2 Å². The van der Waals surface area contributed by atoms with Gasteiger partial charge in [-0.1, -0.05) is 19.8 Å². The van der Waals surface area contributed by atoms with Crippen LogP contribution in [0.5, 0.6) is 0 Å². The maximum absolute atomic E-state index is 11.4. The van der Waals surface area contributed by atoms with Gasteiger partial charge in [-0.05, 0) is 6.42 Å². The van der Waals surface area contributed by atoms with Gasteiger partial charge in [0.05, 0.1) is 139 Å². The number of carboxylic acid groups (broad SMARTS) is 1. The van der Waals surface area contributed by atoms with Gasteiger partial charge in [-0.2, -0.15) is 0 Å². The van der Waals surface area contributed by atoms with Crippen LogP contribution in [-0.2, 0) is 66.4 Å². The zero-order valence-corrected chi connectivity index (χ0v) is 28.5. The Morgan fingerprint density at radius 3 is 1.00 bits per heavy atom. The molecule has 0 atom stereocenters. The third-order valence-corrected chi connectivity index (χ3v) is 5.64. The van der Waals surface area contributed by atoms with Crippen molar-refractivity contribution in [2.24, 2.45) is 0 Å². The third-order valence-electron chi connectivity index (χ3n) is 5.64. The molecule has 1 amide bonds. The molecule has 0 saturated heterocycles. The first kappa shape index (κ1) is 45.5. The number of hydrogen-bond donors (Lipinski definition) is 2. The normalized spacial score (nSPS) is 11.3. The number of carbonyl (C=O) groups excluding carboxylic acids is 1. The van der Waals surface area contributed by atoms with Crippen LogP contribution < -0.4 is 5.32 Å². The Morgan fingerprint density at radius 1 is 0.404 bits per heavy atom. The highest BCUT2D eigenvalue weighted by Crippen LogP contribution is 1.94. The van der Waals surface area contributed by atoms with Crippen LogP contribution in [0.25, 0.3) is 0 Å². The average molecular weight is 688 g/mol. The fourth-order valence-electron chi connectivity index (χ4n) is 3.30. The molecule has 0 aromatic carbocycles. The summed E-state index contributed by atoms with van der Waals surface area (Å²) in [6, 6.07) is 0. The summed E-state index contributed by atoms with van der Waals surface area (Å²) in [5.74, 6) is -1.52. The van der Waals surface area contributed by atoms with E-state index in [1.54, 1.807) is 0 Å². The molecular formula is C31H61NO15. The highest BCUT2D eigenvalue weighted by Gasteiger charge is 2.03. The number of nitrogens with one attached hydrogen (secondary N) is 1. The SMILES string of the molecule is CCCCCOCCOCCOCCOCCOCCOCCOCCOCCOCCOCCOCCNC(=O)COCC(=O)O. The molecule has 0 bridgehead atoms. The zero-order valence-electron chi connectivity index (χ0n) is 28.5. The quantitative estimate of drug-likeness (QED) is 0.0853. The Bertz CT molecular complexity index is 648. The molecule has 0 aromatic heterocycles. The molecule has 47 heavy (non-hydrogen) atoms. The topological polar surface area (TPSA) is 177 Å². The minimum atomic E-state index is -1.12. The second-order valence-electron chi connectivity index (χ2n) is 9.68. The van der Waals surface area contributed by atoms with Gasteiger partial charge in [0.1, 0.15) is 13.2 Å². The lowest BCUT2D eigenvalue weighted by molar-refractivity contribution is -0.143. The Balaban J connectivity index is 3.08. The molecule has 0 aliphatic heterocycles. The van der Waals surface area contributed by atoms with Crippen molar-refractivity contribution in [1.29, 1.82) is 0 Å². The summed E-state index contributed by atoms with van der Waals surface area (Å²) in [5, 5.41) is 11.0. The van der Waals surface area contributed by atoms with E-state index in [-0.39, 0.29) is 6.61 Å². The summed E-state index contributed by atoms with van der Waals surface area (Å²) in [7, 11) is 0. The van der Waals surface area contributed by atoms with Crippen molar-refractivity contribution >= 4 is 11.9 Å². The number of carboxylic acids is 1. The highest BCUT2D eigenvalue weighted by atomic mass is 16.6. The molecule has 0 aliphatic carbocycles. The lowest BCUT2D eigenvalue weighted by Crippen LogP contribution is -2.31. The predicted molar refractivity (Wildman–Crippen MR) is 170 cm³/mol. The van der Waals surface area contributed by atoms with Gasteiger partial charge in [0.25, 0.3) is 0 Å². The van der Waals surface area contributed by atoms with Crippen LogP contribution in [0.2, 0.25) is 0 Å². The van der Waals surface area contributed by atoms with Crippen molar-refractivity contribution in [1.82, 2.24) is 5.32 Å². The molecule has 0 radical (unpaired) electrons. The Hall–Kier alpha value is -1.54. The zero-order chi connectivity index (χ0) is 34.1. The average Bonchev–Trinajstić information content (AvgIpc) is 3.06. The maximum Gasteiger partial charge on any atom is 0.329 e. The molecular weight excluding hydrogens is 626 g/mol. The van der Waals surface area contributed by atoms with Crippen molar-refractivity contribution in [3.05, 3.63) is 0 Å². The lowest BCUT2D eigenvalue weighted by atomic mass is 10.3. The van der Waals surface area contributed by atoms with E-state index in [1.807, 2.05) is 0 Å². The minimum absolute atomic E-state index is 0.300. The predicted octanol–water partition coefficient (Wildman–Crippen LogP) is 0.577. The fourth-order valence-corrected chi connectivity index (χ4v) is 3.30. The van der Waals surface area contributed by atoms with E-state index in [2.05, 4.69) is 17.0 Å². The van der Waals surface area contributed by atoms with Gasteiger partial charge >= 0.3 is 5.97 Å². The molecule has 280 valence electrons. The molecule has 2 N–H and O–H groups in total. The maximum atomic E-state index is 11.4. The standard InChI is InChI=1S/C31H61NO15/c1-2-3-4-6-36-8-10-38-12-14-40-16-18-42-20-22-44-24-26-46-27-25-45-23-21-43-19-17-41-15-13-39-11-9-37-7-5-32-30(33)28-47-29-31(34)35/h2-29H2,1H3,(H,32,33)(H,34,35). The first-order valence-electron chi connectivity index (χ1n) is 16.6. The van der Waals surface area contributed by atoms with E-state index < -0.39 is 18.5 Å². The van der Waals surface area contributed by atoms with Crippen molar-refractivity contribution < 1.29 is 71.5 Å². The molecule has 0 heterocycles. The largest absolute Gasteiger partial charge is 0.480 e. The van der Waals surface area contributed by atoms with Crippen molar-refractivity contribution in [3.63, 3.8) is 0 Å². The summed E-state index contributed by atoms with van der Waals surface area (Å²) in [6.45, 7) is 12.7. The van der Waals surface area contributed by atoms with Gasteiger partial charge in [-0.25, -0.2) is 4.79 Å². The number of unbranched alkanes of at least 4 members (excludes halogenated alkanes) is 2. The van der Waals surface area contributed by atoms with Crippen LogP contribution in [0.4, 0.5) is 0 Å². The lowest BCUT2D eigenvalue weighted by Gasteiger charge is -2.09. The van der Waals surface area contributed by atoms with E-state index >= 15 is 0 Å². The van der Waals surface area contributed by atoms with Crippen LogP contribution in [0.3, 0.4) is 0 Å². The van der Waals surface area contributed by atoms with Gasteiger partial charge in [0.15, 0.2) is 0 Å². The molecule has 0 saturated carbocycles. The smallest absolute Gasteiger partial charge is 0.329 e. The highest BCUT2D eigenvalue weighted by molar-refractivity contribution is 5.77. The molecule has 0 spiro atoms. The second kappa shape index (κ2) is 40.6. The van der Waals surface area contributed by atoms with E-state index in [9.17, 15) is 9.59 Å². The number of ether oxygens (including phenoxy) is 12. The van der Waals surface area contributed by atoms with Crippen molar-refractivity contribution in [2.45, 2.75) is 26.2 Å². The molecule has 0 aliphatic rings. The van der Waals surface area contributed by atoms with E-state index in [0.29, 0.717) is 145 Å². The molecule has 0 unspecified atom stereocenters. The summed E-state index contributed by atoms with van der Waals surface area (Å²) >= 11 is 0. The van der Waals surface area contributed by atoms with E-state index in [1.165, 1.54) is 12.8 Å². The van der Waals surface area contributed by atoms with Gasteiger partial charge in [-0.3, -0.25) is 4.79 Å². The Labute approximate surface area is 280 Å². The van der Waals surface area contributed by atoms with Crippen LogP contribution in [0.1, 0.15) is 26.2 Å². The van der Waals surface area contributed by atoms with Crippen LogP contribution >= 0.6 is 0 Å². The Morgan fingerprint density at radius 2 is 0.702 bits per heavy atom. The molecule has 16 heteroatoms. The second-order valence-corrected chi connectivity index (χ2v) is 9.68.